The summed E-state index contributed by atoms with van der Waals surface area (Å²) >= 11 is 0. The number of nitrogens with one attached hydrogen (secondary N) is 2. The van der Waals surface area contributed by atoms with E-state index in [9.17, 15) is 18.0 Å². The van der Waals surface area contributed by atoms with E-state index >= 15 is 0 Å². The second-order valence-electron chi connectivity index (χ2n) is 8.17. The van der Waals surface area contributed by atoms with Crippen molar-refractivity contribution in [3.05, 3.63) is 71.0 Å². The fraction of sp³-hybridized carbons (Fsp3) is 0.333. The predicted octanol–water partition coefficient (Wildman–Crippen LogP) is 5.53. The number of benzene rings is 2. The average Bonchev–Trinajstić information content (AvgIpc) is 3.22. The first-order valence-corrected chi connectivity index (χ1v) is 10.7. The molecule has 0 aliphatic carbocycles. The van der Waals surface area contributed by atoms with Crippen molar-refractivity contribution in [1.82, 2.24) is 15.1 Å². The molecule has 1 fully saturated rings. The number of halogens is 4. The lowest BCUT2D eigenvalue weighted by Gasteiger charge is -2.25. The van der Waals surface area contributed by atoms with Crippen LogP contribution in [0.2, 0.25) is 0 Å². The number of alkyl halides is 3. The van der Waals surface area contributed by atoms with Crippen LogP contribution in [0, 0.1) is 13.8 Å². The summed E-state index contributed by atoms with van der Waals surface area (Å²) in [6, 6.07) is 11.1. The molecule has 2 heterocycles. The van der Waals surface area contributed by atoms with Crippen LogP contribution in [-0.4, -0.2) is 35.1 Å². The van der Waals surface area contributed by atoms with Gasteiger partial charge < -0.3 is 15.4 Å². The molecule has 182 valence electrons. The van der Waals surface area contributed by atoms with Crippen molar-refractivity contribution in [2.75, 3.05) is 18.4 Å². The van der Waals surface area contributed by atoms with Crippen molar-refractivity contribution in [3.63, 3.8) is 0 Å². The molecule has 6 nitrogen and oxygen atoms in total. The van der Waals surface area contributed by atoms with E-state index in [-0.39, 0.29) is 30.0 Å². The molecular formula is C24H26ClF3N4O2. The molecule has 0 unspecified atom stereocenters. The second-order valence-corrected chi connectivity index (χ2v) is 8.17. The normalized spacial score (nSPS) is 14.4. The number of ether oxygens (including phenoxy) is 1. The molecule has 34 heavy (non-hydrogen) atoms. The molecule has 0 radical (unpaired) electrons. The van der Waals surface area contributed by atoms with Gasteiger partial charge in [-0.25, -0.2) is 4.68 Å². The Morgan fingerprint density at radius 2 is 1.76 bits per heavy atom. The molecule has 10 heteroatoms. The molecule has 2 N–H and O–H groups in total. The first-order valence-electron chi connectivity index (χ1n) is 10.7. The van der Waals surface area contributed by atoms with Crippen molar-refractivity contribution in [2.45, 2.75) is 39.0 Å². The van der Waals surface area contributed by atoms with Crippen molar-refractivity contribution < 1.29 is 22.7 Å². The number of aromatic nitrogens is 2. The van der Waals surface area contributed by atoms with Gasteiger partial charge in [-0.15, -0.1) is 25.6 Å². The number of anilines is 1. The monoisotopic (exact) mass is 494 g/mol. The number of piperidine rings is 1. The van der Waals surface area contributed by atoms with Crippen LogP contribution in [0.5, 0.6) is 5.75 Å². The number of aryl methyl sites for hydroxylation is 2. The highest BCUT2D eigenvalue weighted by atomic mass is 35.5. The van der Waals surface area contributed by atoms with Gasteiger partial charge in [-0.05, 0) is 87.3 Å². The summed E-state index contributed by atoms with van der Waals surface area (Å²) in [7, 11) is 0. The van der Waals surface area contributed by atoms with E-state index < -0.39 is 6.36 Å². The van der Waals surface area contributed by atoms with Crippen LogP contribution in [0.15, 0.2) is 48.7 Å². The summed E-state index contributed by atoms with van der Waals surface area (Å²) in [5, 5.41) is 10.6. The van der Waals surface area contributed by atoms with Crippen LogP contribution in [0.25, 0.3) is 5.69 Å². The highest BCUT2D eigenvalue weighted by Crippen LogP contribution is 2.31. The molecule has 2 aromatic carbocycles. The lowest BCUT2D eigenvalue weighted by Crippen LogP contribution is -2.29. The van der Waals surface area contributed by atoms with E-state index in [2.05, 4.69) is 20.5 Å². The Balaban J connectivity index is 0.00000324. The molecule has 1 aromatic heterocycles. The fourth-order valence-electron chi connectivity index (χ4n) is 4.02. The number of nitrogens with zero attached hydrogens (tertiary/aromatic N) is 2. The van der Waals surface area contributed by atoms with Crippen LogP contribution < -0.4 is 15.4 Å². The Morgan fingerprint density at radius 1 is 1.09 bits per heavy atom. The molecule has 0 bridgehead atoms. The molecule has 1 aliphatic rings. The maximum atomic E-state index is 13.2. The second kappa shape index (κ2) is 10.5. The Hall–Kier alpha value is -3.04. The summed E-state index contributed by atoms with van der Waals surface area (Å²) < 4.78 is 42.8. The minimum Gasteiger partial charge on any atom is -0.406 e. The number of hydrogen-bond donors (Lipinski definition) is 2. The van der Waals surface area contributed by atoms with Gasteiger partial charge in [-0.3, -0.25) is 4.79 Å². The zero-order valence-electron chi connectivity index (χ0n) is 18.8. The number of amides is 1. The smallest absolute Gasteiger partial charge is 0.406 e. The van der Waals surface area contributed by atoms with Crippen molar-refractivity contribution in [2.24, 2.45) is 0 Å². The number of hydrogen-bond acceptors (Lipinski definition) is 4. The quantitative estimate of drug-likeness (QED) is 0.489. The fourth-order valence-corrected chi connectivity index (χ4v) is 4.02. The van der Waals surface area contributed by atoms with Crippen molar-refractivity contribution >= 4 is 24.0 Å². The van der Waals surface area contributed by atoms with Crippen molar-refractivity contribution in [3.8, 4) is 11.4 Å². The molecule has 0 atom stereocenters. The number of carbonyl (C=O) groups is 1. The Labute approximate surface area is 201 Å². The molecule has 3 aromatic rings. The summed E-state index contributed by atoms with van der Waals surface area (Å²) in [6.45, 7) is 5.78. The van der Waals surface area contributed by atoms with Gasteiger partial charge in [-0.2, -0.15) is 5.10 Å². The van der Waals surface area contributed by atoms with Gasteiger partial charge in [0.05, 0.1) is 23.1 Å². The van der Waals surface area contributed by atoms with Crippen LogP contribution in [0.3, 0.4) is 0 Å². The third-order valence-electron chi connectivity index (χ3n) is 5.86. The Morgan fingerprint density at radius 3 is 2.38 bits per heavy atom. The van der Waals surface area contributed by atoms with E-state index in [0.29, 0.717) is 11.3 Å². The third kappa shape index (κ3) is 5.90. The molecule has 4 rings (SSSR count). The minimum absolute atomic E-state index is 0. The topological polar surface area (TPSA) is 68.2 Å². The summed E-state index contributed by atoms with van der Waals surface area (Å²) in [5.74, 6) is -0.555. The van der Waals surface area contributed by atoms with E-state index in [1.165, 1.54) is 17.7 Å². The zero-order chi connectivity index (χ0) is 23.6. The molecular weight excluding hydrogens is 469 g/mol. The minimum atomic E-state index is -4.77. The lowest BCUT2D eigenvalue weighted by molar-refractivity contribution is -0.274. The molecule has 1 aliphatic heterocycles. The predicted molar refractivity (Wildman–Crippen MR) is 126 cm³/mol. The van der Waals surface area contributed by atoms with Crippen LogP contribution in [0.4, 0.5) is 18.9 Å². The maximum Gasteiger partial charge on any atom is 0.573 e. The maximum absolute atomic E-state index is 13.2. The van der Waals surface area contributed by atoms with Gasteiger partial charge in [-0.1, -0.05) is 6.07 Å². The third-order valence-corrected chi connectivity index (χ3v) is 5.86. The summed E-state index contributed by atoms with van der Waals surface area (Å²) in [4.78, 5) is 13.2. The first kappa shape index (κ1) is 25.6. The zero-order valence-corrected chi connectivity index (χ0v) is 19.6. The van der Waals surface area contributed by atoms with Crippen LogP contribution in [-0.2, 0) is 0 Å². The van der Waals surface area contributed by atoms with Crippen molar-refractivity contribution in [1.29, 1.82) is 0 Å². The van der Waals surface area contributed by atoms with E-state index in [0.717, 1.165) is 55.0 Å². The first-order chi connectivity index (χ1) is 15.7. The van der Waals surface area contributed by atoms with Gasteiger partial charge in [0, 0.05) is 11.6 Å². The Kier molecular flexibility index (Phi) is 7.89. The standard InChI is InChI=1S/C24H25F3N4O2.ClH/c1-15-3-6-19(13-16(15)2)31-22(17-9-11-28-12-10-17)21(14-29-31)23(32)30-18-4-7-20(8-5-18)33-24(25,26)27;/h3-8,13-14,17,28H,9-12H2,1-2H3,(H,30,32);1H. The largest absolute Gasteiger partial charge is 0.573 e. The molecule has 0 spiro atoms. The SMILES string of the molecule is Cc1ccc(-n2ncc(C(=O)Nc3ccc(OC(F)(F)F)cc3)c2C2CCNCC2)cc1C.Cl. The van der Waals surface area contributed by atoms with Crippen LogP contribution in [0.1, 0.15) is 45.9 Å². The molecule has 0 saturated carbocycles. The van der Waals surface area contributed by atoms with Gasteiger partial charge in [0.25, 0.3) is 5.91 Å². The van der Waals surface area contributed by atoms with Gasteiger partial charge in [0.15, 0.2) is 0 Å². The highest BCUT2D eigenvalue weighted by molar-refractivity contribution is 6.05. The van der Waals surface area contributed by atoms with Gasteiger partial charge >= 0.3 is 6.36 Å². The van der Waals surface area contributed by atoms with Gasteiger partial charge in [0.2, 0.25) is 0 Å². The molecule has 1 saturated heterocycles. The van der Waals surface area contributed by atoms with E-state index in [4.69, 9.17) is 0 Å². The van der Waals surface area contributed by atoms with E-state index in [1.807, 2.05) is 36.7 Å². The lowest BCUT2D eigenvalue weighted by atomic mass is 9.91. The molecule has 1 amide bonds. The Bertz CT molecular complexity index is 1140. The number of rotatable bonds is 5. The number of carbonyl (C=O) groups excluding carboxylic acids is 1. The highest BCUT2D eigenvalue weighted by Gasteiger charge is 2.31. The van der Waals surface area contributed by atoms with E-state index in [1.54, 1.807) is 6.20 Å². The summed E-state index contributed by atoms with van der Waals surface area (Å²) in [6.07, 6.45) is -1.46. The van der Waals surface area contributed by atoms with Gasteiger partial charge in [0.1, 0.15) is 5.75 Å². The summed E-state index contributed by atoms with van der Waals surface area (Å²) in [5.41, 5.74) is 4.85. The van der Waals surface area contributed by atoms with Crippen LogP contribution >= 0.6 is 12.4 Å². The average molecular weight is 495 g/mol.